The molecule has 2 aliphatic rings. The van der Waals surface area contributed by atoms with Crippen molar-refractivity contribution in [3.63, 3.8) is 0 Å². The number of rotatable bonds is 3. The molecule has 3 rings (SSSR count). The Hall–Kier alpha value is -1.94. The molecule has 1 aromatic heterocycles. The molecule has 132 valence electrons. The Balaban J connectivity index is 1.83. The van der Waals surface area contributed by atoms with Gasteiger partial charge in [-0.1, -0.05) is 5.16 Å². The Kier molecular flexibility index (Phi) is 4.12. The number of nitrogens with one attached hydrogen (secondary N) is 1. The first-order chi connectivity index (χ1) is 11.2. The average Bonchev–Trinajstić information content (AvgIpc) is 3.17. The number of sulfonamides is 1. The van der Waals surface area contributed by atoms with Crippen molar-refractivity contribution >= 4 is 21.8 Å². The van der Waals surface area contributed by atoms with Crippen LogP contribution in [0.5, 0.6) is 0 Å². The maximum absolute atomic E-state index is 12.6. The molecule has 0 aromatic carbocycles. The quantitative estimate of drug-likeness (QED) is 0.759. The summed E-state index contributed by atoms with van der Waals surface area (Å²) in [4.78, 5) is 26.2. The van der Waals surface area contributed by atoms with Crippen LogP contribution >= 0.6 is 0 Å². The smallest absolute Gasteiger partial charge is 0.259 e. The summed E-state index contributed by atoms with van der Waals surface area (Å²) in [6.45, 7) is 2.32. The fourth-order valence-corrected chi connectivity index (χ4v) is 5.08. The van der Waals surface area contributed by atoms with Gasteiger partial charge in [-0.3, -0.25) is 9.59 Å². The zero-order chi connectivity index (χ0) is 17.6. The summed E-state index contributed by atoms with van der Waals surface area (Å²) in [7, 11) is -2.08. The zero-order valence-corrected chi connectivity index (χ0v) is 14.5. The van der Waals surface area contributed by atoms with Crippen LogP contribution in [-0.2, 0) is 14.8 Å². The third kappa shape index (κ3) is 2.69. The molecule has 0 aliphatic carbocycles. The number of aryl methyl sites for hydroxylation is 1. The minimum absolute atomic E-state index is 0.0638. The van der Waals surface area contributed by atoms with Crippen LogP contribution in [0, 0.1) is 12.8 Å². The first-order valence-electron chi connectivity index (χ1n) is 7.64. The third-order valence-corrected chi connectivity index (χ3v) is 6.06. The number of likely N-dealkylation sites (tertiary alicyclic amines) is 1. The number of likely N-dealkylation sites (N-methyl/N-ethyl adjacent to an activating group) is 1. The molecule has 3 atom stereocenters. The molecule has 2 fully saturated rings. The highest BCUT2D eigenvalue weighted by atomic mass is 32.2. The van der Waals surface area contributed by atoms with E-state index in [4.69, 9.17) is 4.52 Å². The van der Waals surface area contributed by atoms with Gasteiger partial charge in [0, 0.05) is 26.2 Å². The van der Waals surface area contributed by atoms with E-state index in [-0.39, 0.29) is 30.3 Å². The minimum atomic E-state index is -3.57. The van der Waals surface area contributed by atoms with Gasteiger partial charge in [0.15, 0.2) is 0 Å². The van der Waals surface area contributed by atoms with Crippen LogP contribution in [0.3, 0.4) is 0 Å². The number of hydrogen-bond donors (Lipinski definition) is 1. The highest BCUT2D eigenvalue weighted by Crippen LogP contribution is 2.38. The summed E-state index contributed by atoms with van der Waals surface area (Å²) >= 11 is 0. The topological polar surface area (TPSA) is 113 Å². The monoisotopic (exact) mass is 356 g/mol. The molecular formula is C14H20N4O5S. The van der Waals surface area contributed by atoms with Gasteiger partial charge in [-0.25, -0.2) is 8.42 Å². The summed E-state index contributed by atoms with van der Waals surface area (Å²) in [6.07, 6.45) is 2.87. The van der Waals surface area contributed by atoms with Crippen LogP contribution in [0.1, 0.15) is 22.5 Å². The molecule has 3 heterocycles. The highest BCUT2D eigenvalue weighted by molar-refractivity contribution is 7.88. The number of carbonyl (C=O) groups is 2. The second-order valence-electron chi connectivity index (χ2n) is 6.29. The van der Waals surface area contributed by atoms with Crippen LogP contribution < -0.4 is 5.32 Å². The van der Waals surface area contributed by atoms with E-state index < -0.39 is 16.1 Å². The molecule has 0 spiro atoms. The highest BCUT2D eigenvalue weighted by Gasteiger charge is 2.53. The lowest BCUT2D eigenvalue weighted by atomic mass is 10.0. The van der Waals surface area contributed by atoms with E-state index in [0.29, 0.717) is 24.3 Å². The summed E-state index contributed by atoms with van der Waals surface area (Å²) in [5.41, 5.74) is 0.378. The summed E-state index contributed by atoms with van der Waals surface area (Å²) in [5, 5.41) is 6.12. The predicted molar refractivity (Wildman–Crippen MR) is 83.6 cm³/mol. The number of amides is 2. The van der Waals surface area contributed by atoms with Crippen LogP contribution in [0.2, 0.25) is 0 Å². The maximum Gasteiger partial charge on any atom is 0.259 e. The molecule has 2 saturated heterocycles. The number of fused-ring (bicyclic) bond motifs is 1. The van der Waals surface area contributed by atoms with E-state index in [0.717, 1.165) is 6.26 Å². The van der Waals surface area contributed by atoms with Crippen molar-refractivity contribution in [2.45, 2.75) is 25.4 Å². The molecule has 1 N–H and O–H groups in total. The van der Waals surface area contributed by atoms with Crippen LogP contribution in [0.4, 0.5) is 0 Å². The molecule has 24 heavy (non-hydrogen) atoms. The second kappa shape index (κ2) is 5.85. The second-order valence-corrected chi connectivity index (χ2v) is 8.18. The van der Waals surface area contributed by atoms with E-state index in [1.807, 2.05) is 0 Å². The lowest BCUT2D eigenvalue weighted by molar-refractivity contribution is -0.124. The Morgan fingerprint density at radius 3 is 2.62 bits per heavy atom. The average molecular weight is 356 g/mol. The molecule has 10 heteroatoms. The van der Waals surface area contributed by atoms with Gasteiger partial charge in [0.2, 0.25) is 15.9 Å². The molecule has 2 amide bonds. The first kappa shape index (κ1) is 16.9. The molecule has 2 aliphatic heterocycles. The fraction of sp³-hybridized carbons (Fsp3) is 0.643. The Labute approximate surface area is 140 Å². The van der Waals surface area contributed by atoms with Gasteiger partial charge in [-0.15, -0.1) is 0 Å². The van der Waals surface area contributed by atoms with Gasteiger partial charge in [0.05, 0.1) is 12.5 Å². The number of hydrogen-bond acceptors (Lipinski definition) is 6. The van der Waals surface area contributed by atoms with Gasteiger partial charge < -0.3 is 14.7 Å². The van der Waals surface area contributed by atoms with Crippen molar-refractivity contribution in [3.8, 4) is 0 Å². The van der Waals surface area contributed by atoms with E-state index >= 15 is 0 Å². The van der Waals surface area contributed by atoms with E-state index in [1.165, 1.54) is 17.5 Å². The third-order valence-electron chi connectivity index (χ3n) is 4.77. The Bertz CT molecular complexity index is 774. The van der Waals surface area contributed by atoms with Gasteiger partial charge in [0.1, 0.15) is 17.4 Å². The van der Waals surface area contributed by atoms with Crippen molar-refractivity contribution in [3.05, 3.63) is 17.5 Å². The zero-order valence-electron chi connectivity index (χ0n) is 13.7. The number of nitrogens with zero attached hydrogens (tertiary/aromatic N) is 3. The molecule has 0 bridgehead atoms. The first-order valence-corrected chi connectivity index (χ1v) is 9.49. The van der Waals surface area contributed by atoms with Gasteiger partial charge >= 0.3 is 0 Å². The van der Waals surface area contributed by atoms with E-state index in [1.54, 1.807) is 11.8 Å². The van der Waals surface area contributed by atoms with E-state index in [9.17, 15) is 18.0 Å². The van der Waals surface area contributed by atoms with E-state index in [2.05, 4.69) is 10.5 Å². The minimum Gasteiger partial charge on any atom is -0.361 e. The largest absolute Gasteiger partial charge is 0.361 e. The normalized spacial score (nSPS) is 27.3. The lowest BCUT2D eigenvalue weighted by Crippen LogP contribution is -2.49. The molecule has 0 unspecified atom stereocenters. The van der Waals surface area contributed by atoms with Crippen molar-refractivity contribution < 1.29 is 22.5 Å². The predicted octanol–water partition coefficient (Wildman–Crippen LogP) is -0.796. The van der Waals surface area contributed by atoms with Gasteiger partial charge in [-0.05, 0) is 19.3 Å². The van der Waals surface area contributed by atoms with Crippen molar-refractivity contribution in [1.29, 1.82) is 0 Å². The lowest BCUT2D eigenvalue weighted by Gasteiger charge is -2.27. The van der Waals surface area contributed by atoms with Crippen LogP contribution in [0.25, 0.3) is 0 Å². The van der Waals surface area contributed by atoms with Crippen LogP contribution in [-0.4, -0.2) is 73.1 Å². The maximum atomic E-state index is 12.6. The molecule has 0 saturated carbocycles. The number of aromatic nitrogens is 1. The summed E-state index contributed by atoms with van der Waals surface area (Å²) in [6, 6.07) is -1.10. The fourth-order valence-electron chi connectivity index (χ4n) is 3.70. The molecular weight excluding hydrogens is 336 g/mol. The van der Waals surface area contributed by atoms with Crippen LogP contribution in [0.15, 0.2) is 10.7 Å². The summed E-state index contributed by atoms with van der Waals surface area (Å²) in [5.74, 6) is -0.179. The van der Waals surface area contributed by atoms with Gasteiger partial charge in [-0.2, -0.15) is 4.31 Å². The SMILES string of the molecule is CNC(=O)[C@@H]1C[C@H]2CN(C(=O)c3cnoc3C)C[C@H]2N1S(C)(=O)=O. The van der Waals surface area contributed by atoms with Crippen molar-refractivity contribution in [1.82, 2.24) is 19.7 Å². The van der Waals surface area contributed by atoms with Gasteiger partial charge in [0.25, 0.3) is 5.91 Å². The molecule has 1 aromatic rings. The van der Waals surface area contributed by atoms with Crippen molar-refractivity contribution in [2.24, 2.45) is 5.92 Å². The standard InChI is InChI=1S/C14H20N4O5S/c1-8-10(5-16-23-8)14(20)17-6-9-4-11(13(19)15-2)18(12(9)7-17)24(3,21)22/h5,9,11-12H,4,6-7H2,1-3H3,(H,15,19)/t9-,11-,12+/m0/s1. The molecule has 9 nitrogen and oxygen atoms in total. The van der Waals surface area contributed by atoms with Crippen molar-refractivity contribution in [2.75, 3.05) is 26.4 Å². The number of carbonyl (C=O) groups excluding carboxylic acids is 2. The molecule has 0 radical (unpaired) electrons. The summed E-state index contributed by atoms with van der Waals surface area (Å²) < 4.78 is 30.5. The Morgan fingerprint density at radius 2 is 2.08 bits per heavy atom. The Morgan fingerprint density at radius 1 is 1.38 bits per heavy atom.